The molecule has 0 aromatic carbocycles. The first kappa shape index (κ1) is 9.69. The zero-order valence-corrected chi connectivity index (χ0v) is 7.96. The number of nitrogens with zero attached hydrogens (tertiary/aromatic N) is 1. The molecule has 0 aliphatic carbocycles. The van der Waals surface area contributed by atoms with E-state index >= 15 is 0 Å². The van der Waals surface area contributed by atoms with E-state index in [1.54, 1.807) is 0 Å². The van der Waals surface area contributed by atoms with Gasteiger partial charge in [-0.05, 0) is 33.0 Å². The van der Waals surface area contributed by atoms with Crippen LogP contribution in [0.4, 0.5) is 0 Å². The summed E-state index contributed by atoms with van der Waals surface area (Å²) >= 11 is 5.07. The maximum absolute atomic E-state index is 5.07. The molecule has 0 saturated carbocycles. The van der Waals surface area contributed by atoms with Crippen LogP contribution >= 0.6 is 12.2 Å². The van der Waals surface area contributed by atoms with Gasteiger partial charge in [0, 0.05) is 19.6 Å². The molecule has 0 radical (unpaired) electrons. The first-order valence-electron chi connectivity index (χ1n) is 3.59. The molecule has 0 aromatic heterocycles. The van der Waals surface area contributed by atoms with Gasteiger partial charge in [0.2, 0.25) is 0 Å². The fraction of sp³-hybridized carbons (Fsp3) is 0.857. The van der Waals surface area contributed by atoms with Crippen LogP contribution in [-0.4, -0.2) is 29.6 Å². The lowest BCUT2D eigenvalue weighted by Gasteiger charge is -2.20. The van der Waals surface area contributed by atoms with Gasteiger partial charge in [0.1, 0.15) is 0 Å². The molecular weight excluding hydrogens is 144 g/mol. The molecule has 0 amide bonds. The van der Waals surface area contributed by atoms with E-state index in [0.717, 1.165) is 11.7 Å². The standard InChI is InChI=1S/C7H16N2S/c1-5-9(4)7(10)8-6(2)3/h6H,5H2,1-4H3,(H,8,10). The number of hydrogen-bond donors (Lipinski definition) is 1. The minimum absolute atomic E-state index is 0.432. The summed E-state index contributed by atoms with van der Waals surface area (Å²) in [5.74, 6) is 0. The van der Waals surface area contributed by atoms with E-state index in [9.17, 15) is 0 Å². The van der Waals surface area contributed by atoms with Crippen LogP contribution in [0, 0.1) is 0 Å². The highest BCUT2D eigenvalue weighted by atomic mass is 32.1. The highest BCUT2D eigenvalue weighted by molar-refractivity contribution is 7.80. The molecule has 0 spiro atoms. The molecule has 0 fully saturated rings. The maximum atomic E-state index is 5.07. The van der Waals surface area contributed by atoms with Crippen molar-refractivity contribution >= 4 is 17.3 Å². The van der Waals surface area contributed by atoms with Crippen LogP contribution in [0.1, 0.15) is 20.8 Å². The van der Waals surface area contributed by atoms with E-state index in [1.807, 2.05) is 11.9 Å². The van der Waals surface area contributed by atoms with Gasteiger partial charge in [0.25, 0.3) is 0 Å². The number of hydrogen-bond acceptors (Lipinski definition) is 1. The molecule has 60 valence electrons. The smallest absolute Gasteiger partial charge is 0.168 e. The van der Waals surface area contributed by atoms with Gasteiger partial charge >= 0.3 is 0 Å². The molecule has 10 heavy (non-hydrogen) atoms. The van der Waals surface area contributed by atoms with Crippen LogP contribution < -0.4 is 5.32 Å². The fourth-order valence-corrected chi connectivity index (χ4v) is 0.866. The zero-order chi connectivity index (χ0) is 8.15. The van der Waals surface area contributed by atoms with Gasteiger partial charge in [-0.3, -0.25) is 0 Å². The average Bonchev–Trinajstić information content (AvgIpc) is 1.85. The lowest BCUT2D eigenvalue weighted by molar-refractivity contribution is 0.511. The summed E-state index contributed by atoms with van der Waals surface area (Å²) in [5.41, 5.74) is 0. The number of thiocarbonyl (C=S) groups is 1. The molecule has 3 heteroatoms. The van der Waals surface area contributed by atoms with Gasteiger partial charge in [-0.1, -0.05) is 0 Å². The molecular formula is C7H16N2S. The Hall–Kier alpha value is -0.310. The molecule has 0 atom stereocenters. The van der Waals surface area contributed by atoms with Crippen molar-refractivity contribution in [2.45, 2.75) is 26.8 Å². The minimum atomic E-state index is 0.432. The maximum Gasteiger partial charge on any atom is 0.168 e. The average molecular weight is 160 g/mol. The molecule has 0 aliphatic heterocycles. The lowest BCUT2D eigenvalue weighted by atomic mass is 10.4. The van der Waals surface area contributed by atoms with E-state index in [4.69, 9.17) is 12.2 Å². The Morgan fingerprint density at radius 2 is 2.10 bits per heavy atom. The summed E-state index contributed by atoms with van der Waals surface area (Å²) in [4.78, 5) is 2.01. The van der Waals surface area contributed by atoms with Gasteiger partial charge in [-0.15, -0.1) is 0 Å². The Balaban J connectivity index is 3.62. The first-order chi connectivity index (χ1) is 4.57. The number of rotatable bonds is 2. The predicted molar refractivity (Wildman–Crippen MR) is 49.2 cm³/mol. The van der Waals surface area contributed by atoms with Gasteiger partial charge in [0.05, 0.1) is 0 Å². The van der Waals surface area contributed by atoms with Crippen LogP contribution in [0.5, 0.6) is 0 Å². The molecule has 0 bridgehead atoms. The molecule has 0 aliphatic rings. The Labute approximate surface area is 68.6 Å². The van der Waals surface area contributed by atoms with E-state index in [2.05, 4.69) is 26.1 Å². The summed E-state index contributed by atoms with van der Waals surface area (Å²) < 4.78 is 0. The van der Waals surface area contributed by atoms with E-state index in [-0.39, 0.29) is 0 Å². The number of nitrogens with one attached hydrogen (secondary N) is 1. The lowest BCUT2D eigenvalue weighted by Crippen LogP contribution is -2.40. The predicted octanol–water partition coefficient (Wildman–Crippen LogP) is 1.22. The molecule has 0 rings (SSSR count). The second-order valence-electron chi connectivity index (χ2n) is 2.62. The van der Waals surface area contributed by atoms with Crippen molar-refractivity contribution < 1.29 is 0 Å². The van der Waals surface area contributed by atoms with Gasteiger partial charge in [0.15, 0.2) is 5.11 Å². The third-order valence-electron chi connectivity index (χ3n) is 1.23. The van der Waals surface area contributed by atoms with Crippen LogP contribution in [0.3, 0.4) is 0 Å². The summed E-state index contributed by atoms with van der Waals surface area (Å²) in [6.07, 6.45) is 0. The van der Waals surface area contributed by atoms with Gasteiger partial charge in [-0.25, -0.2) is 0 Å². The van der Waals surface area contributed by atoms with Crippen molar-refractivity contribution in [1.29, 1.82) is 0 Å². The molecule has 0 aromatic rings. The van der Waals surface area contributed by atoms with Crippen LogP contribution in [-0.2, 0) is 0 Å². The molecule has 0 saturated heterocycles. The molecule has 0 unspecified atom stereocenters. The fourth-order valence-electron chi connectivity index (χ4n) is 0.501. The Bertz CT molecular complexity index is 112. The third-order valence-corrected chi connectivity index (χ3v) is 1.66. The Morgan fingerprint density at radius 1 is 1.60 bits per heavy atom. The summed E-state index contributed by atoms with van der Waals surface area (Å²) in [7, 11) is 1.98. The van der Waals surface area contributed by atoms with Gasteiger partial charge in [-0.2, -0.15) is 0 Å². The van der Waals surface area contributed by atoms with Crippen LogP contribution in [0.25, 0.3) is 0 Å². The van der Waals surface area contributed by atoms with Crippen LogP contribution in [0.15, 0.2) is 0 Å². The Morgan fingerprint density at radius 3 is 2.40 bits per heavy atom. The highest BCUT2D eigenvalue weighted by Crippen LogP contribution is 1.85. The first-order valence-corrected chi connectivity index (χ1v) is 4.00. The third kappa shape index (κ3) is 3.67. The van der Waals surface area contributed by atoms with E-state index in [0.29, 0.717) is 6.04 Å². The second-order valence-corrected chi connectivity index (χ2v) is 3.01. The SMILES string of the molecule is CCN(C)C(=S)NC(C)C. The molecule has 0 heterocycles. The summed E-state index contributed by atoms with van der Waals surface area (Å²) in [5, 5.41) is 3.98. The van der Waals surface area contributed by atoms with Crippen LogP contribution in [0.2, 0.25) is 0 Å². The minimum Gasteiger partial charge on any atom is -0.360 e. The highest BCUT2D eigenvalue weighted by Gasteiger charge is 2.00. The van der Waals surface area contributed by atoms with Crippen molar-refractivity contribution in [3.8, 4) is 0 Å². The van der Waals surface area contributed by atoms with Crippen molar-refractivity contribution in [3.63, 3.8) is 0 Å². The van der Waals surface area contributed by atoms with Gasteiger partial charge < -0.3 is 10.2 Å². The van der Waals surface area contributed by atoms with Crippen molar-refractivity contribution in [3.05, 3.63) is 0 Å². The summed E-state index contributed by atoms with van der Waals surface area (Å²) in [6, 6.07) is 0.432. The van der Waals surface area contributed by atoms with Crippen molar-refractivity contribution in [2.24, 2.45) is 0 Å². The van der Waals surface area contributed by atoms with Crippen molar-refractivity contribution in [2.75, 3.05) is 13.6 Å². The normalized spacial score (nSPS) is 9.70. The van der Waals surface area contributed by atoms with E-state index in [1.165, 1.54) is 0 Å². The zero-order valence-electron chi connectivity index (χ0n) is 7.14. The molecule has 2 nitrogen and oxygen atoms in total. The second kappa shape index (κ2) is 4.50. The van der Waals surface area contributed by atoms with Crippen molar-refractivity contribution in [1.82, 2.24) is 10.2 Å². The molecule has 1 N–H and O–H groups in total. The quantitative estimate of drug-likeness (QED) is 0.611. The topological polar surface area (TPSA) is 15.3 Å². The summed E-state index contributed by atoms with van der Waals surface area (Å²) in [6.45, 7) is 7.19. The van der Waals surface area contributed by atoms with E-state index < -0.39 is 0 Å². The Kier molecular flexibility index (Phi) is 4.36. The monoisotopic (exact) mass is 160 g/mol. The largest absolute Gasteiger partial charge is 0.360 e.